The molecule has 1 N–H and O–H groups in total. The Morgan fingerprint density at radius 2 is 1.52 bits per heavy atom. The number of halogens is 1. The minimum atomic E-state index is 0.586. The van der Waals surface area contributed by atoms with Crippen molar-refractivity contribution in [1.29, 1.82) is 0 Å². The molecule has 2 aromatic carbocycles. The third-order valence-electron chi connectivity index (χ3n) is 2.84. The second-order valence-corrected chi connectivity index (χ2v) is 5.49. The van der Waals surface area contributed by atoms with Crippen molar-refractivity contribution in [2.45, 2.75) is 13.3 Å². The van der Waals surface area contributed by atoms with Crippen molar-refractivity contribution in [3.05, 3.63) is 53.0 Å². The lowest BCUT2D eigenvalue weighted by molar-refractivity contribution is 0.274. The molecule has 3 nitrogen and oxygen atoms in total. The van der Waals surface area contributed by atoms with E-state index in [-0.39, 0.29) is 0 Å². The molecule has 0 aliphatic carbocycles. The summed E-state index contributed by atoms with van der Waals surface area (Å²) in [5.74, 6) is 1.60. The first-order valence-electron chi connectivity index (χ1n) is 7.13. The Hall–Kier alpha value is -1.68. The standard InChI is InChI=1S/C17H20BrNO2/c1-2-12-20-16-5-3-4-6-17(16)21-13-11-19-15-9-7-14(18)8-10-15/h3-10,19H,2,11-13H2,1H3. The van der Waals surface area contributed by atoms with Gasteiger partial charge in [-0.15, -0.1) is 0 Å². The third kappa shape index (κ3) is 5.31. The van der Waals surface area contributed by atoms with Crippen LogP contribution in [0.25, 0.3) is 0 Å². The SMILES string of the molecule is CCCOc1ccccc1OCCNc1ccc(Br)cc1. The van der Waals surface area contributed by atoms with Gasteiger partial charge in [0.05, 0.1) is 6.61 Å². The fourth-order valence-corrected chi connectivity index (χ4v) is 2.09. The number of anilines is 1. The van der Waals surface area contributed by atoms with E-state index < -0.39 is 0 Å². The molecule has 112 valence electrons. The average Bonchev–Trinajstić information content (AvgIpc) is 2.52. The van der Waals surface area contributed by atoms with Crippen LogP contribution in [0.15, 0.2) is 53.0 Å². The van der Waals surface area contributed by atoms with E-state index in [1.54, 1.807) is 0 Å². The maximum atomic E-state index is 5.78. The zero-order chi connectivity index (χ0) is 14.9. The van der Waals surface area contributed by atoms with Crippen molar-refractivity contribution >= 4 is 21.6 Å². The number of rotatable bonds is 8. The zero-order valence-corrected chi connectivity index (χ0v) is 13.7. The van der Waals surface area contributed by atoms with Gasteiger partial charge in [0.25, 0.3) is 0 Å². The predicted octanol–water partition coefficient (Wildman–Crippen LogP) is 4.73. The van der Waals surface area contributed by atoms with Gasteiger partial charge in [-0.3, -0.25) is 0 Å². The molecule has 4 heteroatoms. The monoisotopic (exact) mass is 349 g/mol. The summed E-state index contributed by atoms with van der Waals surface area (Å²) in [4.78, 5) is 0. The Bertz CT molecular complexity index is 543. The molecule has 0 atom stereocenters. The van der Waals surface area contributed by atoms with Gasteiger partial charge in [-0.1, -0.05) is 35.0 Å². The van der Waals surface area contributed by atoms with Gasteiger partial charge in [0, 0.05) is 16.7 Å². The Morgan fingerprint density at radius 1 is 0.905 bits per heavy atom. The first kappa shape index (κ1) is 15.7. The number of nitrogens with one attached hydrogen (secondary N) is 1. The molecule has 0 spiro atoms. The molecular formula is C17H20BrNO2. The van der Waals surface area contributed by atoms with Gasteiger partial charge in [-0.2, -0.15) is 0 Å². The molecule has 0 amide bonds. The fourth-order valence-electron chi connectivity index (χ4n) is 1.82. The molecule has 0 saturated heterocycles. The van der Waals surface area contributed by atoms with Crippen LogP contribution in [0.1, 0.15) is 13.3 Å². The maximum Gasteiger partial charge on any atom is 0.161 e. The Morgan fingerprint density at radius 3 is 2.14 bits per heavy atom. The second kappa shape index (κ2) is 8.57. The molecule has 21 heavy (non-hydrogen) atoms. The summed E-state index contributed by atoms with van der Waals surface area (Å²) in [5, 5.41) is 3.32. The minimum absolute atomic E-state index is 0.586. The summed E-state index contributed by atoms with van der Waals surface area (Å²) in [6.45, 7) is 4.12. The summed E-state index contributed by atoms with van der Waals surface area (Å²) in [7, 11) is 0. The molecule has 0 bridgehead atoms. The summed E-state index contributed by atoms with van der Waals surface area (Å²) in [5.41, 5.74) is 1.08. The predicted molar refractivity (Wildman–Crippen MR) is 90.4 cm³/mol. The van der Waals surface area contributed by atoms with E-state index in [1.165, 1.54) is 0 Å². The number of benzene rings is 2. The molecular weight excluding hydrogens is 330 g/mol. The highest BCUT2D eigenvalue weighted by Crippen LogP contribution is 2.26. The van der Waals surface area contributed by atoms with Gasteiger partial charge >= 0.3 is 0 Å². The zero-order valence-electron chi connectivity index (χ0n) is 12.1. The maximum absolute atomic E-state index is 5.78. The summed E-state index contributed by atoms with van der Waals surface area (Å²) in [6, 6.07) is 15.9. The normalized spacial score (nSPS) is 10.2. The van der Waals surface area contributed by atoms with Crippen LogP contribution < -0.4 is 14.8 Å². The van der Waals surface area contributed by atoms with Crippen molar-refractivity contribution in [3.8, 4) is 11.5 Å². The topological polar surface area (TPSA) is 30.5 Å². The molecule has 0 unspecified atom stereocenters. The van der Waals surface area contributed by atoms with Crippen LogP contribution in [0.2, 0.25) is 0 Å². The lowest BCUT2D eigenvalue weighted by Gasteiger charge is -2.13. The average molecular weight is 350 g/mol. The summed E-state index contributed by atoms with van der Waals surface area (Å²) >= 11 is 3.42. The van der Waals surface area contributed by atoms with Crippen LogP contribution in [-0.2, 0) is 0 Å². The molecule has 0 aliphatic heterocycles. The van der Waals surface area contributed by atoms with E-state index in [1.807, 2.05) is 48.5 Å². The van der Waals surface area contributed by atoms with E-state index in [0.29, 0.717) is 13.2 Å². The minimum Gasteiger partial charge on any atom is -0.490 e. The van der Waals surface area contributed by atoms with Crippen LogP contribution in [-0.4, -0.2) is 19.8 Å². The van der Waals surface area contributed by atoms with Crippen LogP contribution in [0.3, 0.4) is 0 Å². The van der Waals surface area contributed by atoms with E-state index in [2.05, 4.69) is 28.2 Å². The van der Waals surface area contributed by atoms with Gasteiger partial charge in [0.15, 0.2) is 11.5 Å². The highest BCUT2D eigenvalue weighted by Gasteiger charge is 2.03. The van der Waals surface area contributed by atoms with E-state index in [0.717, 1.165) is 34.6 Å². The van der Waals surface area contributed by atoms with Gasteiger partial charge in [-0.25, -0.2) is 0 Å². The molecule has 0 radical (unpaired) electrons. The Kier molecular flexibility index (Phi) is 6.41. The van der Waals surface area contributed by atoms with Crippen LogP contribution >= 0.6 is 15.9 Å². The van der Waals surface area contributed by atoms with Crippen molar-refractivity contribution in [1.82, 2.24) is 0 Å². The smallest absolute Gasteiger partial charge is 0.161 e. The number of ether oxygens (including phenoxy) is 2. The van der Waals surface area contributed by atoms with Crippen LogP contribution in [0.4, 0.5) is 5.69 Å². The van der Waals surface area contributed by atoms with Gasteiger partial charge < -0.3 is 14.8 Å². The Balaban J connectivity index is 1.79. The van der Waals surface area contributed by atoms with Crippen molar-refractivity contribution in [2.75, 3.05) is 25.1 Å². The van der Waals surface area contributed by atoms with Gasteiger partial charge in [0.1, 0.15) is 6.61 Å². The molecule has 0 aromatic heterocycles. The van der Waals surface area contributed by atoms with E-state index >= 15 is 0 Å². The highest BCUT2D eigenvalue weighted by molar-refractivity contribution is 9.10. The third-order valence-corrected chi connectivity index (χ3v) is 3.37. The van der Waals surface area contributed by atoms with Crippen LogP contribution in [0.5, 0.6) is 11.5 Å². The van der Waals surface area contributed by atoms with Crippen molar-refractivity contribution in [2.24, 2.45) is 0 Å². The Labute approximate surface area is 134 Å². The van der Waals surface area contributed by atoms with Crippen molar-refractivity contribution in [3.63, 3.8) is 0 Å². The summed E-state index contributed by atoms with van der Waals surface area (Å²) < 4.78 is 12.5. The first-order chi connectivity index (χ1) is 10.3. The summed E-state index contributed by atoms with van der Waals surface area (Å²) in [6.07, 6.45) is 0.986. The molecule has 2 rings (SSSR count). The van der Waals surface area contributed by atoms with Crippen LogP contribution in [0, 0.1) is 0 Å². The van der Waals surface area contributed by atoms with E-state index in [4.69, 9.17) is 9.47 Å². The van der Waals surface area contributed by atoms with Crippen molar-refractivity contribution < 1.29 is 9.47 Å². The molecule has 2 aromatic rings. The van der Waals surface area contributed by atoms with Gasteiger partial charge in [-0.05, 0) is 42.8 Å². The highest BCUT2D eigenvalue weighted by atomic mass is 79.9. The first-order valence-corrected chi connectivity index (χ1v) is 7.93. The lowest BCUT2D eigenvalue weighted by atomic mass is 10.3. The number of hydrogen-bond acceptors (Lipinski definition) is 3. The molecule has 0 heterocycles. The quantitative estimate of drug-likeness (QED) is 0.699. The molecule has 0 saturated carbocycles. The molecule has 0 aliphatic rings. The number of hydrogen-bond donors (Lipinski definition) is 1. The van der Waals surface area contributed by atoms with E-state index in [9.17, 15) is 0 Å². The second-order valence-electron chi connectivity index (χ2n) is 4.58. The number of para-hydroxylation sites is 2. The van der Waals surface area contributed by atoms with Gasteiger partial charge in [0.2, 0.25) is 0 Å². The fraction of sp³-hybridized carbons (Fsp3) is 0.294. The molecule has 0 fully saturated rings. The lowest BCUT2D eigenvalue weighted by Crippen LogP contribution is -2.12. The largest absolute Gasteiger partial charge is 0.490 e.